The van der Waals surface area contributed by atoms with Gasteiger partial charge in [0.1, 0.15) is 12.4 Å². The monoisotopic (exact) mass is 862 g/mol. The summed E-state index contributed by atoms with van der Waals surface area (Å²) in [4.78, 5) is 66.9. The standard InChI is InChI=1S/C37H40F4N4O4S.C4H6O6/c1-4-43(5-2)19-20-44(22-26-7-11-28(12-8-26)29-13-15-31(16-14-29)37(39,40)41)33(46)24-45-23-30(21-34(47)49-6-3)35(48)42-36(45)50-25-27-9-17-32(38)18-10-27;5-1(3(7)8)2(6)4(9)10/h7-18,23H,4-6,19-22,24-25H2,1-3H3;1-2,5-6H,(H,7,8)(H,9,10). The smallest absolute Gasteiger partial charge is 0.416 e. The van der Waals surface area contributed by atoms with Crippen LogP contribution in [0.3, 0.4) is 0 Å². The number of carboxylic acids is 2. The first kappa shape index (κ1) is 48.7. The van der Waals surface area contributed by atoms with Crippen molar-refractivity contribution in [3.8, 4) is 11.1 Å². The van der Waals surface area contributed by atoms with Gasteiger partial charge in [-0.05, 0) is 66.5 Å². The number of aliphatic carboxylic acids is 2. The average Bonchev–Trinajstić information content (AvgIpc) is 3.21. The van der Waals surface area contributed by atoms with Crippen LogP contribution in [-0.4, -0.2) is 109 Å². The molecule has 1 amide bonds. The summed E-state index contributed by atoms with van der Waals surface area (Å²) in [6.07, 6.45) is -7.78. The summed E-state index contributed by atoms with van der Waals surface area (Å²) in [5.74, 6) is -4.39. The number of carboxylic acid groups (broad SMARTS) is 2. The lowest BCUT2D eigenvalue weighted by atomic mass is 10.0. The van der Waals surface area contributed by atoms with E-state index in [1.165, 1.54) is 42.2 Å². The Labute approximate surface area is 347 Å². The predicted octanol–water partition coefficient (Wildman–Crippen LogP) is 4.71. The zero-order valence-corrected chi connectivity index (χ0v) is 33.8. The van der Waals surface area contributed by atoms with E-state index in [2.05, 4.69) is 9.88 Å². The minimum absolute atomic E-state index is 0.0935. The van der Waals surface area contributed by atoms with E-state index in [9.17, 15) is 41.5 Å². The summed E-state index contributed by atoms with van der Waals surface area (Å²) in [5.41, 5.74) is 1.75. The topological polar surface area (TPSA) is 200 Å². The summed E-state index contributed by atoms with van der Waals surface area (Å²) in [6.45, 7) is 8.60. The second-order valence-corrected chi connectivity index (χ2v) is 14.0. The van der Waals surface area contributed by atoms with Gasteiger partial charge < -0.3 is 39.5 Å². The molecule has 0 saturated carbocycles. The Morgan fingerprint density at radius 2 is 1.35 bits per heavy atom. The summed E-state index contributed by atoms with van der Waals surface area (Å²) in [6, 6.07) is 18.2. The van der Waals surface area contributed by atoms with Crippen LogP contribution >= 0.6 is 11.8 Å². The van der Waals surface area contributed by atoms with Crippen molar-refractivity contribution in [1.82, 2.24) is 19.4 Å². The van der Waals surface area contributed by atoms with Crippen LogP contribution < -0.4 is 5.56 Å². The molecule has 3 aromatic carbocycles. The first-order valence-electron chi connectivity index (χ1n) is 18.6. The Bertz CT molecular complexity index is 2080. The fraction of sp³-hybridized carbons (Fsp3) is 0.366. The lowest BCUT2D eigenvalue weighted by Gasteiger charge is -2.27. The van der Waals surface area contributed by atoms with Gasteiger partial charge in [0.25, 0.3) is 5.56 Å². The third-order valence-corrected chi connectivity index (χ3v) is 9.93. The predicted molar refractivity (Wildman–Crippen MR) is 212 cm³/mol. The molecule has 0 aliphatic heterocycles. The number of aliphatic hydroxyl groups excluding tert-OH is 2. The van der Waals surface area contributed by atoms with E-state index < -0.39 is 47.4 Å². The minimum atomic E-state index is -4.42. The van der Waals surface area contributed by atoms with Crippen molar-refractivity contribution in [2.45, 2.75) is 69.6 Å². The Morgan fingerprint density at radius 3 is 1.85 bits per heavy atom. The number of benzene rings is 3. The van der Waals surface area contributed by atoms with Crippen molar-refractivity contribution < 1.29 is 61.9 Å². The lowest BCUT2D eigenvalue weighted by Crippen LogP contribution is -2.40. The van der Waals surface area contributed by atoms with Crippen LogP contribution in [0.5, 0.6) is 0 Å². The molecule has 19 heteroatoms. The number of esters is 1. The van der Waals surface area contributed by atoms with Crippen LogP contribution in [0.2, 0.25) is 0 Å². The molecule has 4 aromatic rings. The van der Waals surface area contributed by atoms with E-state index in [0.29, 0.717) is 24.4 Å². The molecule has 0 radical (unpaired) electrons. The van der Waals surface area contributed by atoms with Crippen LogP contribution in [0.25, 0.3) is 11.1 Å². The van der Waals surface area contributed by atoms with Gasteiger partial charge in [-0.1, -0.05) is 74.1 Å². The molecule has 14 nitrogen and oxygen atoms in total. The van der Waals surface area contributed by atoms with E-state index in [0.717, 1.165) is 41.9 Å². The molecule has 0 aliphatic carbocycles. The molecule has 1 aromatic heterocycles. The molecule has 0 bridgehead atoms. The summed E-state index contributed by atoms with van der Waals surface area (Å²) >= 11 is 1.21. The number of amides is 1. The van der Waals surface area contributed by atoms with Crippen molar-refractivity contribution in [3.05, 3.63) is 117 Å². The highest BCUT2D eigenvalue weighted by Gasteiger charge is 2.30. The third-order valence-electron chi connectivity index (χ3n) is 8.87. The number of aliphatic hydroxyl groups is 2. The second-order valence-electron chi connectivity index (χ2n) is 13.1. The maximum atomic E-state index is 14.0. The van der Waals surface area contributed by atoms with E-state index in [-0.39, 0.29) is 48.6 Å². The molecular formula is C41H46F4N4O10S. The lowest BCUT2D eigenvalue weighted by molar-refractivity contribution is -0.165. The summed E-state index contributed by atoms with van der Waals surface area (Å²) in [7, 11) is 0. The molecular weight excluding hydrogens is 817 g/mol. The third kappa shape index (κ3) is 15.2. The number of rotatable bonds is 19. The van der Waals surface area contributed by atoms with E-state index in [1.807, 2.05) is 38.1 Å². The van der Waals surface area contributed by atoms with Gasteiger partial charge in [0, 0.05) is 37.1 Å². The van der Waals surface area contributed by atoms with E-state index >= 15 is 0 Å². The normalized spacial score (nSPS) is 12.2. The molecule has 4 N–H and O–H groups in total. The van der Waals surface area contributed by atoms with Crippen LogP contribution in [0.15, 0.2) is 88.9 Å². The van der Waals surface area contributed by atoms with Crippen LogP contribution in [0.1, 0.15) is 43.0 Å². The molecule has 60 heavy (non-hydrogen) atoms. The van der Waals surface area contributed by atoms with Gasteiger partial charge in [0.15, 0.2) is 17.4 Å². The molecule has 0 aliphatic rings. The van der Waals surface area contributed by atoms with Gasteiger partial charge >= 0.3 is 24.1 Å². The Morgan fingerprint density at radius 1 is 0.817 bits per heavy atom. The van der Waals surface area contributed by atoms with Crippen molar-refractivity contribution in [2.75, 3.05) is 32.8 Å². The first-order chi connectivity index (χ1) is 28.4. The zero-order valence-electron chi connectivity index (χ0n) is 33.0. The number of aromatic nitrogens is 2. The Balaban J connectivity index is 0.000000849. The zero-order chi connectivity index (χ0) is 44.6. The summed E-state index contributed by atoms with van der Waals surface area (Å²) in [5, 5.41) is 32.8. The van der Waals surface area contributed by atoms with Crippen molar-refractivity contribution in [3.63, 3.8) is 0 Å². The van der Waals surface area contributed by atoms with Crippen molar-refractivity contribution >= 4 is 35.6 Å². The highest BCUT2D eigenvalue weighted by atomic mass is 32.2. The van der Waals surface area contributed by atoms with Gasteiger partial charge in [-0.2, -0.15) is 18.2 Å². The fourth-order valence-corrected chi connectivity index (χ4v) is 6.37. The molecule has 2 atom stereocenters. The van der Waals surface area contributed by atoms with Gasteiger partial charge in [-0.3, -0.25) is 14.4 Å². The highest BCUT2D eigenvalue weighted by Crippen LogP contribution is 2.31. The fourth-order valence-electron chi connectivity index (χ4n) is 5.45. The highest BCUT2D eigenvalue weighted by molar-refractivity contribution is 7.98. The van der Waals surface area contributed by atoms with Crippen LogP contribution in [0, 0.1) is 5.82 Å². The van der Waals surface area contributed by atoms with E-state index in [4.69, 9.17) is 25.2 Å². The van der Waals surface area contributed by atoms with Crippen molar-refractivity contribution in [2.24, 2.45) is 0 Å². The largest absolute Gasteiger partial charge is 0.479 e. The Kier molecular flexibility index (Phi) is 18.9. The molecule has 0 fully saturated rings. The van der Waals surface area contributed by atoms with Crippen LogP contribution in [0.4, 0.5) is 17.6 Å². The first-order valence-corrected chi connectivity index (χ1v) is 19.6. The number of halogens is 4. The SMILES string of the molecule is CCOC(=O)Cc1cn(CC(=O)N(CCN(CC)CC)Cc2ccc(-c3ccc(C(F)(F)F)cc3)cc2)c(SCc2ccc(F)cc2)nc1=O.O=C(O)C(O)C(O)C(=O)O. The number of likely N-dealkylation sites (N-methyl/N-ethyl adjacent to an activating group) is 1. The van der Waals surface area contributed by atoms with Gasteiger partial charge in [-0.15, -0.1) is 0 Å². The number of carbonyl (C=O) groups is 4. The molecule has 2 unspecified atom stereocenters. The average molecular weight is 863 g/mol. The van der Waals surface area contributed by atoms with Gasteiger partial charge in [-0.25, -0.2) is 14.0 Å². The Hall–Kier alpha value is -5.63. The molecule has 4 rings (SSSR count). The van der Waals surface area contributed by atoms with E-state index in [1.54, 1.807) is 28.5 Å². The van der Waals surface area contributed by atoms with Crippen LogP contribution in [-0.2, 0) is 55.4 Å². The number of hydrogen-bond donors (Lipinski definition) is 4. The number of carbonyl (C=O) groups excluding carboxylic acids is 2. The quantitative estimate of drug-likeness (QED) is 0.0438. The van der Waals surface area contributed by atoms with Gasteiger partial charge in [0.2, 0.25) is 5.91 Å². The number of hydrogen-bond acceptors (Lipinski definition) is 11. The van der Waals surface area contributed by atoms with Crippen molar-refractivity contribution in [1.29, 1.82) is 0 Å². The summed E-state index contributed by atoms with van der Waals surface area (Å²) < 4.78 is 59.1. The molecule has 0 saturated heterocycles. The molecule has 0 spiro atoms. The molecule has 324 valence electrons. The maximum absolute atomic E-state index is 14.0. The number of ether oxygens (including phenoxy) is 1. The molecule has 1 heterocycles. The number of nitrogens with zero attached hydrogens (tertiary/aromatic N) is 4. The second kappa shape index (κ2) is 23.2. The number of thioether (sulfide) groups is 1. The van der Waals surface area contributed by atoms with Gasteiger partial charge in [0.05, 0.1) is 18.6 Å². The number of alkyl halides is 3. The minimum Gasteiger partial charge on any atom is -0.479 e. The maximum Gasteiger partial charge on any atom is 0.416 e.